The lowest BCUT2D eigenvalue weighted by molar-refractivity contribution is 0.0931. The smallest absolute Gasteiger partial charge is 0.273 e. The molecule has 0 aliphatic heterocycles. The molecule has 7 heteroatoms. The summed E-state index contributed by atoms with van der Waals surface area (Å²) in [6, 6.07) is 0.111. The summed E-state index contributed by atoms with van der Waals surface area (Å²) in [5.41, 5.74) is 5.73. The van der Waals surface area contributed by atoms with E-state index in [4.69, 9.17) is 5.73 Å². The number of hydrogen-bond acceptors (Lipinski definition) is 5. The Morgan fingerprint density at radius 3 is 2.94 bits per heavy atom. The van der Waals surface area contributed by atoms with Crippen molar-refractivity contribution in [2.45, 2.75) is 25.9 Å². The number of carbonyl (C=O) groups excluding carboxylic acids is 1. The van der Waals surface area contributed by atoms with Crippen molar-refractivity contribution in [3.8, 4) is 0 Å². The summed E-state index contributed by atoms with van der Waals surface area (Å²) in [5, 5.41) is 10.5. The Labute approximate surface area is 107 Å². The first-order valence-electron chi connectivity index (χ1n) is 6.08. The highest BCUT2D eigenvalue weighted by molar-refractivity contribution is 5.92. The minimum absolute atomic E-state index is 0.111. The number of carbonyl (C=O) groups is 1. The highest BCUT2D eigenvalue weighted by Crippen LogP contribution is 1.97. The van der Waals surface area contributed by atoms with E-state index < -0.39 is 0 Å². The quantitative estimate of drug-likeness (QED) is 0.672. The van der Waals surface area contributed by atoms with Crippen molar-refractivity contribution in [2.24, 2.45) is 5.73 Å². The zero-order valence-corrected chi connectivity index (χ0v) is 11.3. The minimum Gasteiger partial charge on any atom is -0.348 e. The molecule has 0 saturated heterocycles. The fourth-order valence-corrected chi connectivity index (χ4v) is 1.47. The molecule has 7 nitrogen and oxygen atoms in total. The van der Waals surface area contributed by atoms with Gasteiger partial charge in [-0.15, -0.1) is 5.10 Å². The van der Waals surface area contributed by atoms with E-state index in [1.54, 1.807) is 10.9 Å². The van der Waals surface area contributed by atoms with Crippen LogP contribution in [-0.2, 0) is 6.54 Å². The fourth-order valence-electron chi connectivity index (χ4n) is 1.47. The summed E-state index contributed by atoms with van der Waals surface area (Å²) in [5.74, 6) is -0.190. The lowest BCUT2D eigenvalue weighted by Gasteiger charge is -2.15. The van der Waals surface area contributed by atoms with E-state index in [-0.39, 0.29) is 11.9 Å². The normalized spacial score (nSPS) is 12.7. The van der Waals surface area contributed by atoms with E-state index in [9.17, 15) is 4.79 Å². The van der Waals surface area contributed by atoms with Crippen LogP contribution in [0.15, 0.2) is 6.20 Å². The van der Waals surface area contributed by atoms with E-state index >= 15 is 0 Å². The maximum atomic E-state index is 11.8. The number of aromatic nitrogens is 3. The molecule has 0 bridgehead atoms. The van der Waals surface area contributed by atoms with Gasteiger partial charge in [0.1, 0.15) is 0 Å². The molecule has 0 aromatic carbocycles. The lowest BCUT2D eigenvalue weighted by atomic mass is 10.2. The molecule has 1 heterocycles. The van der Waals surface area contributed by atoms with E-state index in [0.29, 0.717) is 18.8 Å². The van der Waals surface area contributed by atoms with Crippen LogP contribution >= 0.6 is 0 Å². The topological polar surface area (TPSA) is 89.1 Å². The summed E-state index contributed by atoms with van der Waals surface area (Å²) in [7, 11) is 4.01. The van der Waals surface area contributed by atoms with Crippen molar-refractivity contribution in [1.82, 2.24) is 25.2 Å². The molecular formula is C11H22N6O. The second kappa shape index (κ2) is 7.07. The number of amides is 1. The van der Waals surface area contributed by atoms with E-state index in [1.165, 1.54) is 0 Å². The van der Waals surface area contributed by atoms with Crippen LogP contribution in [0.3, 0.4) is 0 Å². The monoisotopic (exact) mass is 254 g/mol. The van der Waals surface area contributed by atoms with Crippen molar-refractivity contribution in [1.29, 1.82) is 0 Å². The zero-order valence-electron chi connectivity index (χ0n) is 11.3. The molecule has 0 aliphatic carbocycles. The first-order valence-corrected chi connectivity index (χ1v) is 6.08. The van der Waals surface area contributed by atoms with Gasteiger partial charge >= 0.3 is 0 Å². The molecule has 1 atom stereocenters. The molecule has 1 unspecified atom stereocenters. The number of nitrogens with one attached hydrogen (secondary N) is 1. The number of rotatable bonds is 7. The third-order valence-corrected chi connectivity index (χ3v) is 2.52. The Hall–Kier alpha value is -1.47. The molecule has 0 spiro atoms. The molecule has 0 fully saturated rings. The van der Waals surface area contributed by atoms with Gasteiger partial charge in [0.15, 0.2) is 5.69 Å². The lowest BCUT2D eigenvalue weighted by Crippen LogP contribution is -2.35. The third kappa shape index (κ3) is 4.80. The molecule has 3 N–H and O–H groups in total. The molecule has 0 aliphatic rings. The van der Waals surface area contributed by atoms with Crippen molar-refractivity contribution < 1.29 is 4.79 Å². The summed E-state index contributed by atoms with van der Waals surface area (Å²) >= 11 is 0. The van der Waals surface area contributed by atoms with Crippen LogP contribution in [0.5, 0.6) is 0 Å². The standard InChI is InChI=1S/C11H22N6O/c1-9(4-6-16(2)3)13-11(18)10-8-17(7-5-12)15-14-10/h8-9H,4-7,12H2,1-3H3,(H,13,18). The van der Waals surface area contributed by atoms with E-state index in [0.717, 1.165) is 13.0 Å². The summed E-state index contributed by atoms with van der Waals surface area (Å²) in [4.78, 5) is 13.9. The Kier molecular flexibility index (Phi) is 5.73. The first-order chi connectivity index (χ1) is 8.52. The molecular weight excluding hydrogens is 232 g/mol. The van der Waals surface area contributed by atoms with Crippen LogP contribution in [0, 0.1) is 0 Å². The molecule has 0 radical (unpaired) electrons. The van der Waals surface area contributed by atoms with Crippen LogP contribution in [0.2, 0.25) is 0 Å². The van der Waals surface area contributed by atoms with E-state index in [1.807, 2.05) is 21.0 Å². The van der Waals surface area contributed by atoms with Crippen LogP contribution in [-0.4, -0.2) is 59.0 Å². The van der Waals surface area contributed by atoms with Crippen molar-refractivity contribution in [3.63, 3.8) is 0 Å². The first kappa shape index (κ1) is 14.6. The molecule has 1 amide bonds. The third-order valence-electron chi connectivity index (χ3n) is 2.52. The molecule has 18 heavy (non-hydrogen) atoms. The largest absolute Gasteiger partial charge is 0.348 e. The van der Waals surface area contributed by atoms with Gasteiger partial charge < -0.3 is 16.0 Å². The maximum Gasteiger partial charge on any atom is 0.273 e. The number of nitrogens with zero attached hydrogens (tertiary/aromatic N) is 4. The second-order valence-electron chi connectivity index (χ2n) is 4.62. The number of hydrogen-bond donors (Lipinski definition) is 2. The molecule has 1 rings (SSSR count). The average Bonchev–Trinajstić information content (AvgIpc) is 2.75. The van der Waals surface area contributed by atoms with Gasteiger partial charge in [-0.3, -0.25) is 9.48 Å². The Morgan fingerprint density at radius 1 is 1.61 bits per heavy atom. The average molecular weight is 254 g/mol. The fraction of sp³-hybridized carbons (Fsp3) is 0.727. The van der Waals surface area contributed by atoms with Gasteiger partial charge in [-0.25, -0.2) is 0 Å². The van der Waals surface area contributed by atoms with E-state index in [2.05, 4.69) is 20.5 Å². The minimum atomic E-state index is -0.190. The highest BCUT2D eigenvalue weighted by atomic mass is 16.2. The van der Waals surface area contributed by atoms with Gasteiger partial charge in [0.2, 0.25) is 0 Å². The van der Waals surface area contributed by atoms with Crippen LogP contribution < -0.4 is 11.1 Å². The van der Waals surface area contributed by atoms with Crippen LogP contribution in [0.25, 0.3) is 0 Å². The Balaban J connectivity index is 2.43. The molecule has 102 valence electrons. The van der Waals surface area contributed by atoms with Gasteiger partial charge in [0.25, 0.3) is 5.91 Å². The molecule has 1 aromatic heterocycles. The van der Waals surface area contributed by atoms with Crippen LogP contribution in [0.4, 0.5) is 0 Å². The van der Waals surface area contributed by atoms with Gasteiger partial charge in [-0.1, -0.05) is 5.21 Å². The highest BCUT2D eigenvalue weighted by Gasteiger charge is 2.13. The Bertz CT molecular complexity index is 375. The number of nitrogens with two attached hydrogens (primary N) is 1. The second-order valence-corrected chi connectivity index (χ2v) is 4.62. The zero-order chi connectivity index (χ0) is 13.5. The van der Waals surface area contributed by atoms with Crippen molar-refractivity contribution in [2.75, 3.05) is 27.2 Å². The van der Waals surface area contributed by atoms with Crippen molar-refractivity contribution >= 4 is 5.91 Å². The summed E-state index contributed by atoms with van der Waals surface area (Å²) in [6.45, 7) is 3.95. The predicted molar refractivity (Wildman–Crippen MR) is 69.2 cm³/mol. The van der Waals surface area contributed by atoms with Crippen LogP contribution in [0.1, 0.15) is 23.8 Å². The predicted octanol–water partition coefficient (Wildman–Crippen LogP) is -0.693. The van der Waals surface area contributed by atoms with Crippen molar-refractivity contribution in [3.05, 3.63) is 11.9 Å². The summed E-state index contributed by atoms with van der Waals surface area (Å²) in [6.07, 6.45) is 2.51. The summed E-state index contributed by atoms with van der Waals surface area (Å²) < 4.78 is 1.57. The molecule has 1 aromatic rings. The van der Waals surface area contributed by atoms with Gasteiger partial charge in [0, 0.05) is 12.6 Å². The molecule has 0 saturated carbocycles. The van der Waals surface area contributed by atoms with Gasteiger partial charge in [-0.2, -0.15) is 0 Å². The van der Waals surface area contributed by atoms with Gasteiger partial charge in [-0.05, 0) is 34.0 Å². The maximum absolute atomic E-state index is 11.8. The Morgan fingerprint density at radius 2 is 2.33 bits per heavy atom. The SMILES string of the molecule is CC(CCN(C)C)NC(=O)c1cn(CCN)nn1. The van der Waals surface area contributed by atoms with Gasteiger partial charge in [0.05, 0.1) is 12.7 Å².